The summed E-state index contributed by atoms with van der Waals surface area (Å²) in [7, 11) is 0. The Kier molecular flexibility index (Phi) is 3.17. The number of nitrogens with zero attached hydrogens (tertiary/aromatic N) is 3. The van der Waals surface area contributed by atoms with Gasteiger partial charge in [-0.25, -0.2) is 4.39 Å². The molecule has 0 saturated heterocycles. The van der Waals surface area contributed by atoms with Crippen LogP contribution < -0.4 is 10.5 Å². The number of aromatic nitrogens is 3. The van der Waals surface area contributed by atoms with E-state index in [1.807, 2.05) is 0 Å². The van der Waals surface area contributed by atoms with Gasteiger partial charge in [0.15, 0.2) is 6.20 Å². The zero-order valence-electron chi connectivity index (χ0n) is 11.6. The van der Waals surface area contributed by atoms with Crippen LogP contribution in [0.2, 0.25) is 0 Å². The lowest BCUT2D eigenvalue weighted by Gasteiger charge is -2.09. The number of amides is 1. The van der Waals surface area contributed by atoms with Crippen LogP contribution in [0.4, 0.5) is 4.39 Å². The third-order valence-electron chi connectivity index (χ3n) is 3.46. The van der Waals surface area contributed by atoms with Gasteiger partial charge < -0.3 is 10.9 Å². The number of hydrogen-bond donors (Lipinski definition) is 1. The molecule has 110 valence electrons. The van der Waals surface area contributed by atoms with Gasteiger partial charge in [-0.05, 0) is 13.0 Å². The highest BCUT2D eigenvalue weighted by molar-refractivity contribution is 6.04. The largest absolute Gasteiger partial charge is 0.618 e. The fourth-order valence-electron chi connectivity index (χ4n) is 2.30. The molecule has 0 bridgehead atoms. The molecule has 6 nitrogen and oxygen atoms in total. The Hall–Kier alpha value is -3.09. The van der Waals surface area contributed by atoms with E-state index in [1.54, 1.807) is 13.0 Å². The number of hydrogen-bond acceptors (Lipinski definition) is 4. The highest BCUT2D eigenvalue weighted by Gasteiger charge is 2.18. The zero-order chi connectivity index (χ0) is 15.9. The van der Waals surface area contributed by atoms with Crippen molar-refractivity contribution in [2.75, 3.05) is 0 Å². The topological polar surface area (TPSA) is 95.8 Å². The summed E-state index contributed by atoms with van der Waals surface area (Å²) in [6.45, 7) is 1.55. The summed E-state index contributed by atoms with van der Waals surface area (Å²) < 4.78 is 14.3. The van der Waals surface area contributed by atoms with E-state index in [-0.39, 0.29) is 11.4 Å². The maximum atomic E-state index is 13.7. The standard InChI is InChI=1S/C15H11FN4O2/c1-8-11(5-18-6-12(8)16)13-4-10-9(7-20(13)22)2-3-19-14(10)15(17)21/h2-7H,1H3,(H2,17,21). The molecule has 3 heterocycles. The summed E-state index contributed by atoms with van der Waals surface area (Å²) in [6.07, 6.45) is 5.17. The van der Waals surface area contributed by atoms with Crippen molar-refractivity contribution >= 4 is 16.7 Å². The summed E-state index contributed by atoms with van der Waals surface area (Å²) in [5.74, 6) is -1.21. The normalized spacial score (nSPS) is 10.8. The second kappa shape index (κ2) is 5.03. The second-order valence-corrected chi connectivity index (χ2v) is 4.81. The van der Waals surface area contributed by atoms with Crippen LogP contribution in [0.3, 0.4) is 0 Å². The molecule has 0 fully saturated rings. The number of pyridine rings is 3. The van der Waals surface area contributed by atoms with Crippen molar-refractivity contribution in [1.82, 2.24) is 9.97 Å². The molecule has 0 aromatic carbocycles. The van der Waals surface area contributed by atoms with Crippen molar-refractivity contribution in [2.24, 2.45) is 5.73 Å². The Morgan fingerprint density at radius 1 is 1.41 bits per heavy atom. The average molecular weight is 298 g/mol. The molecule has 1 amide bonds. The molecule has 0 aliphatic heterocycles. The Labute approximate surface area is 124 Å². The van der Waals surface area contributed by atoms with Crippen LogP contribution in [0.25, 0.3) is 22.0 Å². The maximum Gasteiger partial charge on any atom is 0.267 e. The van der Waals surface area contributed by atoms with Gasteiger partial charge in [0.2, 0.25) is 5.69 Å². The lowest BCUT2D eigenvalue weighted by molar-refractivity contribution is -0.592. The summed E-state index contributed by atoms with van der Waals surface area (Å²) in [5.41, 5.74) is 6.17. The van der Waals surface area contributed by atoms with Gasteiger partial charge in [-0.3, -0.25) is 14.8 Å². The van der Waals surface area contributed by atoms with Gasteiger partial charge in [-0.15, -0.1) is 0 Å². The molecule has 0 aliphatic carbocycles. The van der Waals surface area contributed by atoms with Crippen LogP contribution >= 0.6 is 0 Å². The second-order valence-electron chi connectivity index (χ2n) is 4.81. The predicted molar refractivity (Wildman–Crippen MR) is 77.1 cm³/mol. The quantitative estimate of drug-likeness (QED) is 0.572. The van der Waals surface area contributed by atoms with Crippen molar-refractivity contribution in [1.29, 1.82) is 0 Å². The van der Waals surface area contributed by atoms with Crippen LogP contribution in [0.1, 0.15) is 16.1 Å². The van der Waals surface area contributed by atoms with Crippen molar-refractivity contribution < 1.29 is 13.9 Å². The van der Waals surface area contributed by atoms with E-state index < -0.39 is 11.7 Å². The van der Waals surface area contributed by atoms with E-state index in [0.29, 0.717) is 26.6 Å². The lowest BCUT2D eigenvalue weighted by atomic mass is 10.0. The SMILES string of the molecule is Cc1c(F)cncc1-c1cc2c(C(N)=O)nccc2c[n+]1[O-]. The minimum absolute atomic E-state index is 0.0568. The molecule has 0 aliphatic rings. The number of nitrogens with two attached hydrogens (primary N) is 1. The van der Waals surface area contributed by atoms with Crippen LogP contribution in [-0.2, 0) is 0 Å². The minimum atomic E-state index is -0.700. The first-order chi connectivity index (χ1) is 10.5. The van der Waals surface area contributed by atoms with Crippen molar-refractivity contribution in [3.05, 3.63) is 59.2 Å². The first kappa shape index (κ1) is 13.9. The fourth-order valence-corrected chi connectivity index (χ4v) is 2.30. The van der Waals surface area contributed by atoms with Gasteiger partial charge in [-0.1, -0.05) is 0 Å². The number of primary amides is 1. The fraction of sp³-hybridized carbons (Fsp3) is 0.0667. The zero-order valence-corrected chi connectivity index (χ0v) is 11.6. The molecular weight excluding hydrogens is 287 g/mol. The van der Waals surface area contributed by atoms with Crippen molar-refractivity contribution in [3.63, 3.8) is 0 Å². The third-order valence-corrected chi connectivity index (χ3v) is 3.46. The molecule has 3 aromatic heterocycles. The molecule has 3 aromatic rings. The number of rotatable bonds is 2. The number of carbonyl (C=O) groups is 1. The van der Waals surface area contributed by atoms with Gasteiger partial charge in [0, 0.05) is 29.4 Å². The van der Waals surface area contributed by atoms with Crippen LogP contribution in [0.15, 0.2) is 36.9 Å². The van der Waals surface area contributed by atoms with Gasteiger partial charge in [0.25, 0.3) is 5.91 Å². The van der Waals surface area contributed by atoms with Crippen LogP contribution in [0.5, 0.6) is 0 Å². The monoisotopic (exact) mass is 298 g/mol. The summed E-state index contributed by atoms with van der Waals surface area (Å²) in [6, 6.07) is 3.06. The number of fused-ring (bicyclic) bond motifs is 1. The van der Waals surface area contributed by atoms with E-state index in [4.69, 9.17) is 5.73 Å². The van der Waals surface area contributed by atoms with Gasteiger partial charge >= 0.3 is 0 Å². The molecule has 0 radical (unpaired) electrons. The summed E-state index contributed by atoms with van der Waals surface area (Å²) in [4.78, 5) is 19.2. The Morgan fingerprint density at radius 2 is 2.18 bits per heavy atom. The van der Waals surface area contributed by atoms with Gasteiger partial charge in [0.1, 0.15) is 11.5 Å². The molecule has 0 saturated carbocycles. The molecule has 7 heteroatoms. The third kappa shape index (κ3) is 2.12. The lowest BCUT2D eigenvalue weighted by Crippen LogP contribution is -2.29. The highest BCUT2D eigenvalue weighted by atomic mass is 19.1. The molecule has 0 unspecified atom stereocenters. The Morgan fingerprint density at radius 3 is 2.91 bits per heavy atom. The summed E-state index contributed by atoms with van der Waals surface area (Å²) in [5, 5.41) is 13.2. The highest BCUT2D eigenvalue weighted by Crippen LogP contribution is 2.25. The first-order valence-corrected chi connectivity index (χ1v) is 6.41. The minimum Gasteiger partial charge on any atom is -0.618 e. The van der Waals surface area contributed by atoms with Crippen LogP contribution in [0, 0.1) is 17.9 Å². The Bertz CT molecular complexity index is 911. The molecular formula is C15H11FN4O2. The molecule has 22 heavy (non-hydrogen) atoms. The van der Waals surface area contributed by atoms with E-state index >= 15 is 0 Å². The van der Waals surface area contributed by atoms with Crippen LogP contribution in [-0.4, -0.2) is 15.9 Å². The molecule has 0 atom stereocenters. The Balaban J connectivity index is 2.35. The van der Waals surface area contributed by atoms with E-state index in [9.17, 15) is 14.4 Å². The van der Waals surface area contributed by atoms with Crippen molar-refractivity contribution in [2.45, 2.75) is 6.92 Å². The van der Waals surface area contributed by atoms with Gasteiger partial charge in [-0.2, -0.15) is 4.73 Å². The van der Waals surface area contributed by atoms with Gasteiger partial charge in [0.05, 0.1) is 17.1 Å². The first-order valence-electron chi connectivity index (χ1n) is 6.41. The maximum absolute atomic E-state index is 13.7. The smallest absolute Gasteiger partial charge is 0.267 e. The van der Waals surface area contributed by atoms with E-state index in [0.717, 1.165) is 6.20 Å². The molecule has 3 rings (SSSR count). The summed E-state index contributed by atoms with van der Waals surface area (Å²) >= 11 is 0. The molecule has 2 N–H and O–H groups in total. The van der Waals surface area contributed by atoms with Crippen molar-refractivity contribution in [3.8, 4) is 11.3 Å². The van der Waals surface area contributed by atoms with E-state index in [2.05, 4.69) is 9.97 Å². The number of halogens is 1. The number of carbonyl (C=O) groups excluding carboxylic acids is 1. The average Bonchev–Trinajstić information content (AvgIpc) is 2.49. The molecule has 0 spiro atoms. The predicted octanol–water partition coefficient (Wildman–Crippen LogP) is 1.48. The van der Waals surface area contributed by atoms with E-state index in [1.165, 1.54) is 24.7 Å².